The first-order valence-electron chi connectivity index (χ1n) is 7.52. The average molecular weight is 325 g/mol. The van der Waals surface area contributed by atoms with Crippen LogP contribution in [0.2, 0.25) is 0 Å². The van der Waals surface area contributed by atoms with E-state index in [1.54, 1.807) is 17.5 Å². The highest BCUT2D eigenvalue weighted by Gasteiger charge is 2.19. The second-order valence-corrected chi connectivity index (χ2v) is 6.41. The number of carbonyl (C=O) groups is 1. The lowest BCUT2D eigenvalue weighted by Crippen LogP contribution is -2.27. The average Bonchev–Trinajstić information content (AvgIpc) is 3.16. The maximum absolute atomic E-state index is 12.6. The maximum Gasteiger partial charge on any atom is 0.253 e. The van der Waals surface area contributed by atoms with Gasteiger partial charge in [0.25, 0.3) is 5.91 Å². The summed E-state index contributed by atoms with van der Waals surface area (Å²) in [6, 6.07) is 11.8. The van der Waals surface area contributed by atoms with E-state index >= 15 is 0 Å². The highest BCUT2D eigenvalue weighted by atomic mass is 32.1. The van der Waals surface area contributed by atoms with E-state index in [1.807, 2.05) is 67.1 Å². The zero-order valence-corrected chi connectivity index (χ0v) is 14.2. The fraction of sp³-hybridized carbons (Fsp3) is 0.222. The maximum atomic E-state index is 12.6. The van der Waals surface area contributed by atoms with Gasteiger partial charge < -0.3 is 5.32 Å². The number of rotatable bonds is 4. The molecule has 5 heteroatoms. The van der Waals surface area contributed by atoms with Crippen molar-refractivity contribution in [2.75, 3.05) is 0 Å². The number of hydrogen-bond acceptors (Lipinski definition) is 3. The number of nitrogens with one attached hydrogen (secondary N) is 1. The van der Waals surface area contributed by atoms with Crippen LogP contribution in [-0.4, -0.2) is 15.5 Å². The molecule has 4 nitrogen and oxygen atoms in total. The second kappa shape index (κ2) is 6.38. The van der Waals surface area contributed by atoms with Gasteiger partial charge in [0, 0.05) is 23.0 Å². The lowest BCUT2D eigenvalue weighted by atomic mass is 10.1. The molecule has 2 heterocycles. The molecule has 0 bridgehead atoms. The van der Waals surface area contributed by atoms with Crippen molar-refractivity contribution < 1.29 is 4.79 Å². The van der Waals surface area contributed by atoms with Crippen LogP contribution in [0.4, 0.5) is 0 Å². The second-order valence-electron chi connectivity index (χ2n) is 5.54. The van der Waals surface area contributed by atoms with Gasteiger partial charge in [-0.25, -0.2) is 4.98 Å². The van der Waals surface area contributed by atoms with Gasteiger partial charge in [0.15, 0.2) is 5.13 Å². The molecule has 1 aromatic carbocycles. The number of benzene rings is 1. The third-order valence-electron chi connectivity index (χ3n) is 3.93. The minimum absolute atomic E-state index is 0.0355. The van der Waals surface area contributed by atoms with Crippen LogP contribution >= 0.6 is 11.3 Å². The Labute approximate surface area is 139 Å². The molecule has 0 aliphatic heterocycles. The third-order valence-corrected chi connectivity index (χ3v) is 4.69. The smallest absolute Gasteiger partial charge is 0.253 e. The fourth-order valence-electron chi connectivity index (χ4n) is 2.71. The zero-order valence-electron chi connectivity index (χ0n) is 13.4. The van der Waals surface area contributed by atoms with Crippen molar-refractivity contribution in [3.8, 4) is 5.13 Å². The Morgan fingerprint density at radius 2 is 2.00 bits per heavy atom. The van der Waals surface area contributed by atoms with Gasteiger partial charge >= 0.3 is 0 Å². The van der Waals surface area contributed by atoms with Gasteiger partial charge in [0.05, 0.1) is 11.6 Å². The normalized spacial score (nSPS) is 12.1. The number of aromatic nitrogens is 2. The number of aryl methyl sites for hydroxylation is 1. The van der Waals surface area contributed by atoms with E-state index < -0.39 is 0 Å². The molecule has 0 saturated carbocycles. The monoisotopic (exact) mass is 325 g/mol. The molecule has 1 atom stereocenters. The van der Waals surface area contributed by atoms with Gasteiger partial charge in [-0.05, 0) is 32.4 Å². The number of carbonyl (C=O) groups excluding carboxylic acids is 1. The van der Waals surface area contributed by atoms with Crippen LogP contribution in [0.15, 0.2) is 48.0 Å². The molecule has 0 aliphatic carbocycles. The predicted octanol–water partition coefficient (Wildman–Crippen LogP) is 4.04. The van der Waals surface area contributed by atoms with Crippen LogP contribution in [0.3, 0.4) is 0 Å². The molecular formula is C18H19N3OS. The van der Waals surface area contributed by atoms with Crippen LogP contribution < -0.4 is 5.32 Å². The van der Waals surface area contributed by atoms with Crippen molar-refractivity contribution in [2.24, 2.45) is 0 Å². The van der Waals surface area contributed by atoms with Gasteiger partial charge in [-0.3, -0.25) is 9.36 Å². The van der Waals surface area contributed by atoms with Crippen LogP contribution in [-0.2, 0) is 0 Å². The Morgan fingerprint density at radius 3 is 2.65 bits per heavy atom. The van der Waals surface area contributed by atoms with Crippen LogP contribution in [0.25, 0.3) is 5.13 Å². The molecule has 0 aliphatic rings. The van der Waals surface area contributed by atoms with E-state index in [1.165, 1.54) is 0 Å². The third kappa shape index (κ3) is 3.05. The van der Waals surface area contributed by atoms with Crippen molar-refractivity contribution in [1.29, 1.82) is 0 Å². The van der Waals surface area contributed by atoms with Crippen molar-refractivity contribution in [3.05, 3.63) is 70.5 Å². The Balaban J connectivity index is 1.85. The molecule has 0 radical (unpaired) electrons. The molecule has 2 aromatic heterocycles. The summed E-state index contributed by atoms with van der Waals surface area (Å²) in [5.41, 5.74) is 3.71. The van der Waals surface area contributed by atoms with Crippen LogP contribution in [0, 0.1) is 13.8 Å². The summed E-state index contributed by atoms with van der Waals surface area (Å²) < 4.78 is 2.02. The predicted molar refractivity (Wildman–Crippen MR) is 93.2 cm³/mol. The van der Waals surface area contributed by atoms with Gasteiger partial charge in [-0.15, -0.1) is 11.3 Å². The minimum atomic E-state index is -0.0581. The van der Waals surface area contributed by atoms with Crippen molar-refractivity contribution in [2.45, 2.75) is 26.8 Å². The van der Waals surface area contributed by atoms with Gasteiger partial charge in [-0.1, -0.05) is 30.3 Å². The number of hydrogen-bond donors (Lipinski definition) is 1. The summed E-state index contributed by atoms with van der Waals surface area (Å²) in [7, 11) is 0. The van der Waals surface area contributed by atoms with E-state index in [0.717, 1.165) is 22.1 Å². The molecular weight excluding hydrogens is 306 g/mol. The molecule has 0 fully saturated rings. The molecule has 0 saturated heterocycles. The molecule has 3 rings (SSSR count). The Kier molecular flexibility index (Phi) is 4.30. The molecule has 0 spiro atoms. The first kappa shape index (κ1) is 15.5. The number of thiazole rings is 1. The van der Waals surface area contributed by atoms with E-state index in [2.05, 4.69) is 10.3 Å². The van der Waals surface area contributed by atoms with E-state index in [-0.39, 0.29) is 11.9 Å². The summed E-state index contributed by atoms with van der Waals surface area (Å²) in [6.45, 7) is 5.94. The first-order valence-corrected chi connectivity index (χ1v) is 8.40. The minimum Gasteiger partial charge on any atom is -0.345 e. The molecule has 1 unspecified atom stereocenters. The van der Waals surface area contributed by atoms with Gasteiger partial charge in [0.2, 0.25) is 0 Å². The summed E-state index contributed by atoms with van der Waals surface area (Å²) in [4.78, 5) is 17.0. The topological polar surface area (TPSA) is 46.9 Å². The summed E-state index contributed by atoms with van der Waals surface area (Å²) >= 11 is 1.56. The largest absolute Gasteiger partial charge is 0.345 e. The zero-order chi connectivity index (χ0) is 16.4. The molecule has 23 heavy (non-hydrogen) atoms. The highest BCUT2D eigenvalue weighted by molar-refractivity contribution is 7.12. The Bertz CT molecular complexity index is 806. The van der Waals surface area contributed by atoms with Crippen LogP contribution in [0.1, 0.15) is 40.3 Å². The Morgan fingerprint density at radius 1 is 1.26 bits per heavy atom. The SMILES string of the molecule is Cc1cc(C(=O)NC(C)c2ccccc2)c(C)n1-c1nccs1. The number of nitrogens with zero attached hydrogens (tertiary/aromatic N) is 2. The van der Waals surface area contributed by atoms with Crippen molar-refractivity contribution >= 4 is 17.2 Å². The standard InChI is InChI=1S/C18H19N3OS/c1-12-11-16(14(3)21(12)18-19-9-10-23-18)17(22)20-13(2)15-7-5-4-6-8-15/h4-11,13H,1-3H3,(H,20,22). The van der Waals surface area contributed by atoms with Gasteiger partial charge in [0.1, 0.15) is 0 Å². The highest BCUT2D eigenvalue weighted by Crippen LogP contribution is 2.23. The lowest BCUT2D eigenvalue weighted by molar-refractivity contribution is 0.0939. The molecule has 1 amide bonds. The van der Waals surface area contributed by atoms with Crippen LogP contribution in [0.5, 0.6) is 0 Å². The van der Waals surface area contributed by atoms with Crippen molar-refractivity contribution in [1.82, 2.24) is 14.9 Å². The summed E-state index contributed by atoms with van der Waals surface area (Å²) in [5.74, 6) is -0.0581. The van der Waals surface area contributed by atoms with Gasteiger partial charge in [-0.2, -0.15) is 0 Å². The first-order chi connectivity index (χ1) is 11.1. The molecule has 3 aromatic rings. The summed E-state index contributed by atoms with van der Waals surface area (Å²) in [5, 5.41) is 5.89. The molecule has 118 valence electrons. The number of amides is 1. The fourth-order valence-corrected chi connectivity index (χ4v) is 3.46. The lowest BCUT2D eigenvalue weighted by Gasteiger charge is -2.14. The molecule has 1 N–H and O–H groups in total. The summed E-state index contributed by atoms with van der Waals surface area (Å²) in [6.07, 6.45) is 1.77. The van der Waals surface area contributed by atoms with Crippen molar-refractivity contribution in [3.63, 3.8) is 0 Å². The quantitative estimate of drug-likeness (QED) is 0.787. The van der Waals surface area contributed by atoms with E-state index in [9.17, 15) is 4.79 Å². The van der Waals surface area contributed by atoms with E-state index in [4.69, 9.17) is 0 Å². The Hall–Kier alpha value is -2.40. The van der Waals surface area contributed by atoms with E-state index in [0.29, 0.717) is 5.56 Å².